The molecule has 0 saturated heterocycles. The van der Waals surface area contributed by atoms with Gasteiger partial charge in [-0.25, -0.2) is 0 Å². The van der Waals surface area contributed by atoms with Gasteiger partial charge in [-0.2, -0.15) is 0 Å². The number of hydrogen-bond donors (Lipinski definition) is 0. The van der Waals surface area contributed by atoms with Crippen molar-refractivity contribution in [3.63, 3.8) is 0 Å². The number of hydrogen-bond acceptors (Lipinski definition) is 2. The van der Waals surface area contributed by atoms with Crippen LogP contribution in [0.1, 0.15) is 11.1 Å². The zero-order valence-corrected chi connectivity index (χ0v) is 22.6. The molecule has 190 valence electrons. The first-order valence-electron chi connectivity index (χ1n) is 13.7. The van der Waals surface area contributed by atoms with E-state index >= 15 is 0 Å². The second kappa shape index (κ2) is 9.91. The van der Waals surface area contributed by atoms with Crippen LogP contribution >= 0.6 is 0 Å². The van der Waals surface area contributed by atoms with Gasteiger partial charge in [-0.15, -0.1) is 0 Å². The smallest absolute Gasteiger partial charge is 0.0349 e. The number of aromatic nitrogens is 2. The van der Waals surface area contributed by atoms with Crippen LogP contribution in [-0.4, -0.2) is 9.97 Å². The van der Waals surface area contributed by atoms with Gasteiger partial charge in [-0.1, -0.05) is 97.1 Å². The van der Waals surface area contributed by atoms with Crippen molar-refractivity contribution < 1.29 is 0 Å². The normalized spacial score (nSPS) is 11.2. The van der Waals surface area contributed by atoms with Crippen molar-refractivity contribution in [1.82, 2.24) is 9.97 Å². The fraction of sp³-hybridized carbons (Fsp3) is 0.0526. The van der Waals surface area contributed by atoms with Crippen molar-refractivity contribution in [3.8, 4) is 44.5 Å². The van der Waals surface area contributed by atoms with E-state index in [9.17, 15) is 0 Å². The van der Waals surface area contributed by atoms with E-state index < -0.39 is 0 Å². The fourth-order valence-electron chi connectivity index (χ4n) is 6.00. The maximum absolute atomic E-state index is 4.35. The Kier molecular flexibility index (Phi) is 5.94. The van der Waals surface area contributed by atoms with Crippen molar-refractivity contribution >= 4 is 21.5 Å². The molecule has 0 saturated carbocycles. The Hall–Kier alpha value is -5.08. The van der Waals surface area contributed by atoms with Crippen LogP contribution in [0.4, 0.5) is 0 Å². The predicted molar refractivity (Wildman–Crippen MR) is 168 cm³/mol. The van der Waals surface area contributed by atoms with Gasteiger partial charge in [0.2, 0.25) is 0 Å². The van der Waals surface area contributed by atoms with Crippen molar-refractivity contribution in [2.45, 2.75) is 13.8 Å². The first-order valence-corrected chi connectivity index (χ1v) is 13.7. The van der Waals surface area contributed by atoms with Gasteiger partial charge in [0.1, 0.15) is 0 Å². The Bertz CT molecular complexity index is 1950. The molecule has 0 atom stereocenters. The molecule has 5 aromatic carbocycles. The minimum absolute atomic E-state index is 1.14. The summed E-state index contributed by atoms with van der Waals surface area (Å²) in [6, 6.07) is 39.6. The summed E-state index contributed by atoms with van der Waals surface area (Å²) in [7, 11) is 0. The molecule has 7 aromatic rings. The van der Waals surface area contributed by atoms with Gasteiger partial charge in [0, 0.05) is 35.9 Å². The third-order valence-corrected chi connectivity index (χ3v) is 7.94. The molecule has 0 aliphatic rings. The second-order valence-electron chi connectivity index (χ2n) is 10.4. The first kappa shape index (κ1) is 24.0. The molecular weight excluding hydrogens is 484 g/mol. The van der Waals surface area contributed by atoms with Crippen molar-refractivity contribution in [2.24, 2.45) is 0 Å². The maximum atomic E-state index is 4.35. The molecule has 0 aliphatic carbocycles. The minimum Gasteiger partial charge on any atom is -0.264 e. The molecule has 2 nitrogen and oxygen atoms in total. The van der Waals surface area contributed by atoms with Gasteiger partial charge < -0.3 is 0 Å². The summed E-state index contributed by atoms with van der Waals surface area (Å²) in [5.74, 6) is 0. The van der Waals surface area contributed by atoms with E-state index in [1.54, 1.807) is 0 Å². The molecule has 0 unspecified atom stereocenters. The largest absolute Gasteiger partial charge is 0.264 e. The summed E-state index contributed by atoms with van der Waals surface area (Å²) in [6.07, 6.45) is 7.55. The van der Waals surface area contributed by atoms with Gasteiger partial charge in [-0.3, -0.25) is 9.97 Å². The molecule has 40 heavy (non-hydrogen) atoms. The molecule has 0 bridgehead atoms. The molecule has 0 N–H and O–H groups in total. The Morgan fingerprint density at radius 3 is 1.55 bits per heavy atom. The van der Waals surface area contributed by atoms with Crippen molar-refractivity contribution in [3.05, 3.63) is 145 Å². The van der Waals surface area contributed by atoms with E-state index in [-0.39, 0.29) is 0 Å². The van der Waals surface area contributed by atoms with Gasteiger partial charge >= 0.3 is 0 Å². The lowest BCUT2D eigenvalue weighted by atomic mass is 9.85. The summed E-state index contributed by atoms with van der Waals surface area (Å²) in [6.45, 7) is 4.33. The van der Waals surface area contributed by atoms with E-state index in [2.05, 4.69) is 127 Å². The highest BCUT2D eigenvalue weighted by molar-refractivity contribution is 6.21. The first-order chi connectivity index (χ1) is 19.7. The van der Waals surface area contributed by atoms with Gasteiger partial charge in [0.05, 0.1) is 0 Å². The highest BCUT2D eigenvalue weighted by Gasteiger charge is 2.17. The highest BCUT2D eigenvalue weighted by atomic mass is 14.6. The summed E-state index contributed by atoms with van der Waals surface area (Å²) < 4.78 is 0. The zero-order chi connectivity index (χ0) is 27.1. The Morgan fingerprint density at radius 1 is 0.400 bits per heavy atom. The molecule has 0 radical (unpaired) electrons. The molecule has 7 rings (SSSR count). The number of fused-ring (bicyclic) bond motifs is 2. The molecule has 2 heteroatoms. The van der Waals surface area contributed by atoms with Crippen LogP contribution in [0.2, 0.25) is 0 Å². The lowest BCUT2D eigenvalue weighted by Gasteiger charge is -2.19. The SMILES string of the molecule is Cc1cc(-c2c3ccccc3c(-c3ccc(-c4cnccc4C)cc3)c3ccccc23)ccc1-c1cccnc1. The Labute approximate surface area is 234 Å². The quantitative estimate of drug-likeness (QED) is 0.219. The van der Waals surface area contributed by atoms with Gasteiger partial charge in [-0.05, 0) is 92.0 Å². The van der Waals surface area contributed by atoms with E-state index in [1.807, 2.05) is 30.9 Å². The highest BCUT2D eigenvalue weighted by Crippen LogP contribution is 2.44. The third-order valence-electron chi connectivity index (χ3n) is 7.94. The summed E-state index contributed by atoms with van der Waals surface area (Å²) in [5, 5.41) is 5.04. The number of benzene rings is 5. The molecule has 2 heterocycles. The average molecular weight is 513 g/mol. The lowest BCUT2D eigenvalue weighted by molar-refractivity contribution is 1.29. The van der Waals surface area contributed by atoms with Crippen LogP contribution in [0.25, 0.3) is 66.1 Å². The maximum Gasteiger partial charge on any atom is 0.0349 e. The molecule has 0 spiro atoms. The van der Waals surface area contributed by atoms with E-state index in [1.165, 1.54) is 71.6 Å². The average Bonchev–Trinajstić information content (AvgIpc) is 3.00. The van der Waals surface area contributed by atoms with Crippen LogP contribution in [0.15, 0.2) is 134 Å². The predicted octanol–water partition coefficient (Wildman–Crippen LogP) is 10.1. The summed E-state index contributed by atoms with van der Waals surface area (Å²) in [5.41, 5.74) is 12.2. The second-order valence-corrected chi connectivity index (χ2v) is 10.4. The van der Waals surface area contributed by atoms with Crippen LogP contribution < -0.4 is 0 Å². The summed E-state index contributed by atoms with van der Waals surface area (Å²) >= 11 is 0. The third kappa shape index (κ3) is 4.06. The fourth-order valence-corrected chi connectivity index (χ4v) is 6.00. The molecule has 0 fully saturated rings. The van der Waals surface area contributed by atoms with Crippen molar-refractivity contribution in [2.75, 3.05) is 0 Å². The standard InChI is InChI=1S/C38H28N2/c1-25-19-21-40-24-36(25)27-13-15-28(16-14-27)37-32-9-3-5-11-34(32)38(35-12-6-4-10-33(35)37)29-17-18-31(26(2)22-29)30-8-7-20-39-23-30/h3-24H,1-2H3. The monoisotopic (exact) mass is 512 g/mol. The molecule has 2 aromatic heterocycles. The number of pyridine rings is 2. The topological polar surface area (TPSA) is 25.8 Å². The van der Waals surface area contributed by atoms with E-state index in [0.717, 1.165) is 5.56 Å². The molecule has 0 aliphatic heterocycles. The molecular formula is C38H28N2. The van der Waals surface area contributed by atoms with E-state index in [0.29, 0.717) is 0 Å². The van der Waals surface area contributed by atoms with Gasteiger partial charge in [0.25, 0.3) is 0 Å². The number of rotatable bonds is 4. The van der Waals surface area contributed by atoms with Crippen LogP contribution in [0, 0.1) is 13.8 Å². The zero-order valence-electron chi connectivity index (χ0n) is 22.6. The van der Waals surface area contributed by atoms with Crippen LogP contribution in [0.5, 0.6) is 0 Å². The van der Waals surface area contributed by atoms with Gasteiger partial charge in [0.15, 0.2) is 0 Å². The van der Waals surface area contributed by atoms with Crippen molar-refractivity contribution in [1.29, 1.82) is 0 Å². The van der Waals surface area contributed by atoms with Crippen LogP contribution in [0.3, 0.4) is 0 Å². The minimum atomic E-state index is 1.14. The number of nitrogens with zero attached hydrogens (tertiary/aromatic N) is 2. The Morgan fingerprint density at radius 2 is 0.975 bits per heavy atom. The van der Waals surface area contributed by atoms with E-state index in [4.69, 9.17) is 0 Å². The summed E-state index contributed by atoms with van der Waals surface area (Å²) in [4.78, 5) is 8.68. The Balaban J connectivity index is 1.44. The number of aryl methyl sites for hydroxylation is 2. The lowest BCUT2D eigenvalue weighted by Crippen LogP contribution is -1.92. The molecule has 0 amide bonds. The van der Waals surface area contributed by atoms with Crippen LogP contribution in [-0.2, 0) is 0 Å².